The number of hydrogen-bond donors (Lipinski definition) is 0. The van der Waals surface area contributed by atoms with Crippen LogP contribution in [0.5, 0.6) is 0 Å². The molecule has 0 amide bonds. The van der Waals surface area contributed by atoms with Crippen LogP contribution in [0.3, 0.4) is 0 Å². The zero-order valence-corrected chi connectivity index (χ0v) is 11.7. The minimum atomic E-state index is 0.164. The second kappa shape index (κ2) is 5.73. The van der Waals surface area contributed by atoms with Crippen LogP contribution in [0.2, 0.25) is 5.02 Å². The lowest BCUT2D eigenvalue weighted by Gasteiger charge is -2.29. The number of likely N-dealkylation sites (tertiary alicyclic amines) is 1. The lowest BCUT2D eigenvalue weighted by molar-refractivity contribution is 0.187. The van der Waals surface area contributed by atoms with E-state index in [9.17, 15) is 0 Å². The molecule has 1 saturated heterocycles. The third-order valence-electron chi connectivity index (χ3n) is 3.51. The number of halogens is 1. The molecule has 0 aromatic carbocycles. The number of nitrogens with zero attached hydrogens (tertiary/aromatic N) is 4. The highest BCUT2D eigenvalue weighted by Crippen LogP contribution is 2.24. The molecule has 1 unspecified atom stereocenters. The molecule has 4 nitrogen and oxygen atoms in total. The summed E-state index contributed by atoms with van der Waals surface area (Å²) in [6.07, 6.45) is 2.11. The standard InChI is InChI=1S/C13H19ClN4/c1-3-18-12(13(14)10(2)16-18)9-17-6-4-5-11(7-15)8-17/h11H,3-6,8-9H2,1-2H3. The second-order valence-electron chi connectivity index (χ2n) is 4.87. The van der Waals surface area contributed by atoms with E-state index in [2.05, 4.69) is 23.0 Å². The number of hydrogen-bond acceptors (Lipinski definition) is 3. The smallest absolute Gasteiger partial charge is 0.0860 e. The minimum Gasteiger partial charge on any atom is -0.296 e. The quantitative estimate of drug-likeness (QED) is 0.845. The van der Waals surface area contributed by atoms with E-state index in [1.807, 2.05) is 11.6 Å². The molecular weight excluding hydrogens is 248 g/mol. The Bertz CT molecular complexity index is 460. The zero-order chi connectivity index (χ0) is 13.1. The summed E-state index contributed by atoms with van der Waals surface area (Å²) < 4.78 is 1.97. The van der Waals surface area contributed by atoms with E-state index in [0.717, 1.165) is 55.4 Å². The fourth-order valence-electron chi connectivity index (χ4n) is 2.54. The Labute approximate surface area is 113 Å². The van der Waals surface area contributed by atoms with Crippen molar-refractivity contribution in [2.75, 3.05) is 13.1 Å². The van der Waals surface area contributed by atoms with Gasteiger partial charge in [-0.05, 0) is 33.2 Å². The number of aromatic nitrogens is 2. The van der Waals surface area contributed by atoms with E-state index in [0.29, 0.717) is 0 Å². The van der Waals surface area contributed by atoms with Crippen molar-refractivity contribution < 1.29 is 0 Å². The van der Waals surface area contributed by atoms with Gasteiger partial charge in [0.05, 0.1) is 28.4 Å². The third-order valence-corrected chi connectivity index (χ3v) is 4.01. The Morgan fingerprint density at radius 2 is 2.33 bits per heavy atom. The van der Waals surface area contributed by atoms with E-state index in [4.69, 9.17) is 16.9 Å². The number of aryl methyl sites for hydroxylation is 2. The van der Waals surface area contributed by atoms with Gasteiger partial charge in [0.1, 0.15) is 0 Å². The molecule has 5 heteroatoms. The molecule has 1 aromatic heterocycles. The van der Waals surface area contributed by atoms with Crippen LogP contribution in [0.4, 0.5) is 0 Å². The fraction of sp³-hybridized carbons (Fsp3) is 0.692. The summed E-state index contributed by atoms with van der Waals surface area (Å²) in [5, 5.41) is 14.2. The largest absolute Gasteiger partial charge is 0.296 e. The predicted octanol–water partition coefficient (Wildman–Crippen LogP) is 2.60. The first kappa shape index (κ1) is 13.4. The van der Waals surface area contributed by atoms with Crippen LogP contribution in [0.1, 0.15) is 31.2 Å². The molecule has 0 radical (unpaired) electrons. The molecule has 18 heavy (non-hydrogen) atoms. The summed E-state index contributed by atoms with van der Waals surface area (Å²) in [5.41, 5.74) is 1.97. The molecule has 1 atom stereocenters. The van der Waals surface area contributed by atoms with Crippen molar-refractivity contribution in [2.24, 2.45) is 5.92 Å². The molecular formula is C13H19ClN4. The van der Waals surface area contributed by atoms with Crippen LogP contribution in [0, 0.1) is 24.2 Å². The normalized spacial score (nSPS) is 20.9. The van der Waals surface area contributed by atoms with Crippen molar-refractivity contribution in [3.8, 4) is 6.07 Å². The van der Waals surface area contributed by atoms with Crippen LogP contribution in [-0.2, 0) is 13.1 Å². The molecule has 2 heterocycles. The average Bonchev–Trinajstić information content (AvgIpc) is 2.67. The SMILES string of the molecule is CCn1nc(C)c(Cl)c1CN1CCCC(C#N)C1. The molecule has 0 bridgehead atoms. The summed E-state index contributed by atoms with van der Waals surface area (Å²) >= 11 is 6.31. The van der Waals surface area contributed by atoms with E-state index in [-0.39, 0.29) is 5.92 Å². The minimum absolute atomic E-state index is 0.164. The van der Waals surface area contributed by atoms with Gasteiger partial charge in [0.25, 0.3) is 0 Å². The molecule has 98 valence electrons. The van der Waals surface area contributed by atoms with Crippen molar-refractivity contribution in [3.63, 3.8) is 0 Å². The Morgan fingerprint density at radius 1 is 1.56 bits per heavy atom. The van der Waals surface area contributed by atoms with Gasteiger partial charge in [0.15, 0.2) is 0 Å². The van der Waals surface area contributed by atoms with Crippen molar-refractivity contribution in [1.82, 2.24) is 14.7 Å². The van der Waals surface area contributed by atoms with Gasteiger partial charge < -0.3 is 0 Å². The summed E-state index contributed by atoms with van der Waals surface area (Å²) in [6.45, 7) is 7.53. The van der Waals surface area contributed by atoms with Gasteiger partial charge in [-0.25, -0.2) is 0 Å². The van der Waals surface area contributed by atoms with Crippen molar-refractivity contribution in [3.05, 3.63) is 16.4 Å². The van der Waals surface area contributed by atoms with E-state index >= 15 is 0 Å². The molecule has 0 aliphatic carbocycles. The van der Waals surface area contributed by atoms with Gasteiger partial charge in [0, 0.05) is 19.6 Å². The highest BCUT2D eigenvalue weighted by molar-refractivity contribution is 6.31. The number of nitriles is 1. The number of piperidine rings is 1. The Kier molecular flexibility index (Phi) is 4.26. The summed E-state index contributed by atoms with van der Waals surface area (Å²) in [7, 11) is 0. The van der Waals surface area contributed by atoms with Gasteiger partial charge in [-0.3, -0.25) is 9.58 Å². The van der Waals surface area contributed by atoms with Gasteiger partial charge in [0.2, 0.25) is 0 Å². The lowest BCUT2D eigenvalue weighted by Crippen LogP contribution is -2.35. The van der Waals surface area contributed by atoms with Crippen molar-refractivity contribution in [1.29, 1.82) is 5.26 Å². The summed E-state index contributed by atoms with van der Waals surface area (Å²) in [4.78, 5) is 2.31. The van der Waals surface area contributed by atoms with E-state index in [1.165, 1.54) is 0 Å². The van der Waals surface area contributed by atoms with Crippen LogP contribution >= 0.6 is 11.6 Å². The monoisotopic (exact) mass is 266 g/mol. The third kappa shape index (κ3) is 2.68. The first-order chi connectivity index (χ1) is 8.65. The first-order valence-corrected chi connectivity index (χ1v) is 6.87. The highest BCUT2D eigenvalue weighted by Gasteiger charge is 2.22. The predicted molar refractivity (Wildman–Crippen MR) is 71.3 cm³/mol. The van der Waals surface area contributed by atoms with Gasteiger partial charge in [-0.2, -0.15) is 10.4 Å². The maximum Gasteiger partial charge on any atom is 0.0860 e. The van der Waals surface area contributed by atoms with E-state index < -0.39 is 0 Å². The van der Waals surface area contributed by atoms with Gasteiger partial charge >= 0.3 is 0 Å². The summed E-state index contributed by atoms with van der Waals surface area (Å²) in [5.74, 6) is 0.164. The molecule has 0 spiro atoms. The van der Waals surface area contributed by atoms with E-state index in [1.54, 1.807) is 0 Å². The average molecular weight is 267 g/mol. The Morgan fingerprint density at radius 3 is 3.00 bits per heavy atom. The second-order valence-corrected chi connectivity index (χ2v) is 5.24. The van der Waals surface area contributed by atoms with Crippen LogP contribution in [-0.4, -0.2) is 27.8 Å². The fourth-order valence-corrected chi connectivity index (χ4v) is 2.73. The van der Waals surface area contributed by atoms with Crippen LogP contribution < -0.4 is 0 Å². The lowest BCUT2D eigenvalue weighted by atomic mass is 10.00. The molecule has 1 aromatic rings. The van der Waals surface area contributed by atoms with Crippen LogP contribution in [0.25, 0.3) is 0 Å². The highest BCUT2D eigenvalue weighted by atomic mass is 35.5. The Hall–Kier alpha value is -1.05. The molecule has 0 saturated carbocycles. The zero-order valence-electron chi connectivity index (χ0n) is 11.0. The van der Waals surface area contributed by atoms with Gasteiger partial charge in [-0.1, -0.05) is 11.6 Å². The summed E-state index contributed by atoms with van der Waals surface area (Å²) in [6, 6.07) is 2.37. The van der Waals surface area contributed by atoms with Crippen LogP contribution in [0.15, 0.2) is 0 Å². The molecule has 1 fully saturated rings. The number of rotatable bonds is 3. The van der Waals surface area contributed by atoms with Gasteiger partial charge in [-0.15, -0.1) is 0 Å². The maximum atomic E-state index is 9.01. The Balaban J connectivity index is 2.11. The van der Waals surface area contributed by atoms with Crippen molar-refractivity contribution in [2.45, 2.75) is 39.8 Å². The maximum absolute atomic E-state index is 9.01. The first-order valence-electron chi connectivity index (χ1n) is 6.49. The molecule has 1 aliphatic heterocycles. The van der Waals surface area contributed by atoms with Crippen molar-refractivity contribution >= 4 is 11.6 Å². The topological polar surface area (TPSA) is 44.9 Å². The molecule has 2 rings (SSSR count). The molecule has 1 aliphatic rings. The molecule has 0 N–H and O–H groups in total.